The van der Waals surface area contributed by atoms with Gasteiger partial charge in [-0.15, -0.1) is 0 Å². The number of aromatic nitrogens is 2. The van der Waals surface area contributed by atoms with E-state index in [1.807, 2.05) is 47.2 Å². The lowest BCUT2D eigenvalue weighted by atomic mass is 10.0. The van der Waals surface area contributed by atoms with Crippen LogP contribution in [0.3, 0.4) is 0 Å². The van der Waals surface area contributed by atoms with Crippen LogP contribution in [0.2, 0.25) is 0 Å². The summed E-state index contributed by atoms with van der Waals surface area (Å²) >= 11 is 0. The molecule has 0 bridgehead atoms. The van der Waals surface area contributed by atoms with Gasteiger partial charge in [0.1, 0.15) is 12.3 Å². The van der Waals surface area contributed by atoms with E-state index < -0.39 is 0 Å². The Balaban J connectivity index is 1.61. The van der Waals surface area contributed by atoms with E-state index >= 15 is 0 Å². The minimum Gasteiger partial charge on any atom is -0.497 e. The molecular weight excluding hydrogens is 456 g/mol. The third-order valence-corrected chi connectivity index (χ3v) is 6.32. The number of carbonyl (C=O) groups is 2. The third kappa shape index (κ3) is 6.12. The van der Waals surface area contributed by atoms with E-state index in [9.17, 15) is 9.59 Å². The first-order valence-electron chi connectivity index (χ1n) is 12.3. The van der Waals surface area contributed by atoms with Crippen molar-refractivity contribution in [3.8, 4) is 22.7 Å². The zero-order chi connectivity index (χ0) is 25.7. The van der Waals surface area contributed by atoms with Crippen LogP contribution in [0.25, 0.3) is 16.9 Å². The Morgan fingerprint density at radius 2 is 1.78 bits per heavy atom. The second-order valence-corrected chi connectivity index (χ2v) is 9.37. The minimum atomic E-state index is -0.299. The zero-order valence-electron chi connectivity index (χ0n) is 21.4. The average molecular weight is 491 g/mol. The molecule has 0 aliphatic heterocycles. The highest BCUT2D eigenvalue weighted by atomic mass is 16.5. The average Bonchev–Trinajstić information content (AvgIpc) is 3.66. The molecule has 4 rings (SSSR count). The van der Waals surface area contributed by atoms with Crippen molar-refractivity contribution in [2.75, 3.05) is 39.2 Å². The van der Waals surface area contributed by atoms with Gasteiger partial charge in [0, 0.05) is 37.0 Å². The summed E-state index contributed by atoms with van der Waals surface area (Å²) in [5, 5.41) is 2.93. The van der Waals surface area contributed by atoms with Crippen molar-refractivity contribution in [2.24, 2.45) is 5.92 Å². The second-order valence-electron chi connectivity index (χ2n) is 9.37. The smallest absolute Gasteiger partial charge is 0.246 e. The first kappa shape index (κ1) is 25.4. The number of rotatable bonds is 11. The van der Waals surface area contributed by atoms with Crippen LogP contribution >= 0.6 is 0 Å². The van der Waals surface area contributed by atoms with Crippen LogP contribution in [0.15, 0.2) is 54.7 Å². The number of anilines is 1. The number of imidazole rings is 1. The maximum atomic E-state index is 13.1. The molecule has 0 radical (unpaired) electrons. The van der Waals surface area contributed by atoms with Gasteiger partial charge >= 0.3 is 0 Å². The van der Waals surface area contributed by atoms with Crippen molar-refractivity contribution >= 4 is 17.8 Å². The molecule has 0 saturated heterocycles. The molecule has 1 aliphatic rings. The number of amides is 2. The summed E-state index contributed by atoms with van der Waals surface area (Å²) in [6, 6.07) is 15.8. The molecule has 0 unspecified atom stereocenters. The number of nitrogens with one attached hydrogen (secondary N) is 1. The maximum Gasteiger partial charge on any atom is 0.246 e. The molecule has 1 heterocycles. The highest BCUT2D eigenvalue weighted by Crippen LogP contribution is 2.31. The fourth-order valence-electron chi connectivity index (χ4n) is 3.98. The standard InChI is InChI=1S/C28H34N4O4/c1-19(2)20-7-11-23(12-8-20)32-17-25(21-9-13-24(36-4)14-10-21)29-28(32)30-26(33)18-31(15-16-35-3)27(34)22-5-6-22/h7-14,17,19,22H,5-6,15-16,18H2,1-4H3,(H,29,30,33). The van der Waals surface area contributed by atoms with Gasteiger partial charge in [-0.2, -0.15) is 0 Å². The first-order chi connectivity index (χ1) is 17.4. The molecule has 0 spiro atoms. The lowest BCUT2D eigenvalue weighted by Crippen LogP contribution is -2.41. The third-order valence-electron chi connectivity index (χ3n) is 6.32. The summed E-state index contributed by atoms with van der Waals surface area (Å²) < 4.78 is 12.3. The lowest BCUT2D eigenvalue weighted by molar-refractivity contribution is -0.136. The van der Waals surface area contributed by atoms with E-state index in [0.717, 1.165) is 29.8 Å². The molecule has 1 aliphatic carbocycles. The van der Waals surface area contributed by atoms with Gasteiger partial charge in [0.05, 0.1) is 19.4 Å². The van der Waals surface area contributed by atoms with Crippen LogP contribution in [0.1, 0.15) is 38.2 Å². The van der Waals surface area contributed by atoms with Gasteiger partial charge in [-0.25, -0.2) is 4.98 Å². The van der Waals surface area contributed by atoms with Gasteiger partial charge in [0.2, 0.25) is 17.8 Å². The minimum absolute atomic E-state index is 0.00809. The summed E-state index contributed by atoms with van der Waals surface area (Å²) in [6.07, 6.45) is 3.66. The number of hydrogen-bond donors (Lipinski definition) is 1. The summed E-state index contributed by atoms with van der Waals surface area (Å²) in [7, 11) is 3.21. The van der Waals surface area contributed by atoms with Crippen LogP contribution in [-0.4, -0.2) is 60.2 Å². The van der Waals surface area contributed by atoms with E-state index in [1.54, 1.807) is 19.1 Å². The molecule has 2 amide bonds. The van der Waals surface area contributed by atoms with Gasteiger partial charge in [-0.1, -0.05) is 26.0 Å². The highest BCUT2D eigenvalue weighted by Gasteiger charge is 2.34. The molecule has 1 saturated carbocycles. The molecule has 1 fully saturated rings. The quantitative estimate of drug-likeness (QED) is 0.428. The van der Waals surface area contributed by atoms with Crippen LogP contribution in [0.5, 0.6) is 5.75 Å². The molecule has 1 aromatic heterocycles. The lowest BCUT2D eigenvalue weighted by Gasteiger charge is -2.21. The Hall–Kier alpha value is -3.65. The molecule has 190 valence electrons. The summed E-state index contributed by atoms with van der Waals surface area (Å²) in [5.74, 6) is 1.30. The SMILES string of the molecule is COCCN(CC(=O)Nc1nc(-c2ccc(OC)cc2)cn1-c1ccc(C(C)C)cc1)C(=O)C1CC1. The first-order valence-corrected chi connectivity index (χ1v) is 12.3. The summed E-state index contributed by atoms with van der Waals surface area (Å²) in [4.78, 5) is 32.1. The Morgan fingerprint density at radius 1 is 1.08 bits per heavy atom. The van der Waals surface area contributed by atoms with E-state index in [1.165, 1.54) is 5.56 Å². The predicted molar refractivity (Wildman–Crippen MR) is 139 cm³/mol. The number of hydrogen-bond acceptors (Lipinski definition) is 5. The van der Waals surface area contributed by atoms with Crippen molar-refractivity contribution in [1.29, 1.82) is 0 Å². The van der Waals surface area contributed by atoms with Crippen LogP contribution in [0.4, 0.5) is 5.95 Å². The van der Waals surface area contributed by atoms with E-state index in [0.29, 0.717) is 30.7 Å². The maximum absolute atomic E-state index is 13.1. The van der Waals surface area contributed by atoms with Crippen molar-refractivity contribution in [3.05, 3.63) is 60.3 Å². The molecule has 0 atom stereocenters. The Bertz CT molecular complexity index is 1180. The van der Waals surface area contributed by atoms with Crippen molar-refractivity contribution in [3.63, 3.8) is 0 Å². The van der Waals surface area contributed by atoms with Crippen LogP contribution in [0, 0.1) is 5.92 Å². The summed E-state index contributed by atoms with van der Waals surface area (Å²) in [5.41, 5.74) is 3.72. The van der Waals surface area contributed by atoms with Crippen LogP contribution < -0.4 is 10.1 Å². The topological polar surface area (TPSA) is 85.7 Å². The Morgan fingerprint density at radius 3 is 2.36 bits per heavy atom. The zero-order valence-corrected chi connectivity index (χ0v) is 21.4. The molecule has 2 aromatic carbocycles. The normalized spacial score (nSPS) is 13.0. The van der Waals surface area contributed by atoms with E-state index in [2.05, 4.69) is 31.3 Å². The molecule has 8 nitrogen and oxygen atoms in total. The Kier molecular flexibility index (Phi) is 8.05. The second kappa shape index (κ2) is 11.4. The van der Waals surface area contributed by atoms with Crippen molar-refractivity contribution < 1.29 is 19.1 Å². The van der Waals surface area contributed by atoms with Crippen molar-refractivity contribution in [1.82, 2.24) is 14.5 Å². The molecular formula is C28H34N4O4. The highest BCUT2D eigenvalue weighted by molar-refractivity contribution is 5.94. The molecule has 8 heteroatoms. The molecule has 1 N–H and O–H groups in total. The fraction of sp³-hybridized carbons (Fsp3) is 0.393. The summed E-state index contributed by atoms with van der Waals surface area (Å²) in [6.45, 7) is 5.01. The van der Waals surface area contributed by atoms with E-state index in [4.69, 9.17) is 14.5 Å². The van der Waals surface area contributed by atoms with E-state index in [-0.39, 0.29) is 24.3 Å². The monoisotopic (exact) mass is 490 g/mol. The van der Waals surface area contributed by atoms with Gasteiger partial charge in [-0.3, -0.25) is 19.5 Å². The number of ether oxygens (including phenoxy) is 2. The predicted octanol–water partition coefficient (Wildman–Crippen LogP) is 4.49. The van der Waals surface area contributed by atoms with Gasteiger partial charge in [0.25, 0.3) is 0 Å². The number of benzene rings is 2. The fourth-order valence-corrected chi connectivity index (χ4v) is 3.98. The largest absolute Gasteiger partial charge is 0.497 e. The van der Waals surface area contributed by atoms with Crippen molar-refractivity contribution in [2.45, 2.75) is 32.6 Å². The molecule has 3 aromatic rings. The molecule has 36 heavy (non-hydrogen) atoms. The van der Waals surface area contributed by atoms with Gasteiger partial charge in [0.15, 0.2) is 0 Å². The van der Waals surface area contributed by atoms with Crippen LogP contribution in [-0.2, 0) is 14.3 Å². The van der Waals surface area contributed by atoms with Gasteiger partial charge in [-0.05, 0) is 60.7 Å². The number of carbonyl (C=O) groups excluding carboxylic acids is 2. The number of nitrogens with zero attached hydrogens (tertiary/aromatic N) is 3. The Labute approximate surface area is 212 Å². The van der Waals surface area contributed by atoms with Gasteiger partial charge < -0.3 is 14.4 Å². The number of methoxy groups -OCH3 is 2.